The van der Waals surface area contributed by atoms with Crippen LogP contribution in [0.25, 0.3) is 38.9 Å². The van der Waals surface area contributed by atoms with Crippen molar-refractivity contribution in [2.75, 3.05) is 20.8 Å². The van der Waals surface area contributed by atoms with Gasteiger partial charge in [0.1, 0.15) is 28.7 Å². The number of fused-ring (bicyclic) bond motifs is 4. The number of hydrogen-bond acceptors (Lipinski definition) is 7. The van der Waals surface area contributed by atoms with Crippen LogP contribution in [0.1, 0.15) is 12.8 Å². The molecule has 0 radical (unpaired) electrons. The lowest BCUT2D eigenvalue weighted by molar-refractivity contribution is 0.0960. The topological polar surface area (TPSA) is 93.3 Å². The van der Waals surface area contributed by atoms with Crippen LogP contribution in [0.4, 0.5) is 0 Å². The van der Waals surface area contributed by atoms with Gasteiger partial charge in [-0.2, -0.15) is 0 Å². The number of para-hydroxylation sites is 2. The highest BCUT2D eigenvalue weighted by atomic mass is 16.5. The summed E-state index contributed by atoms with van der Waals surface area (Å²) in [6, 6.07) is 13.1. The first-order valence-electron chi connectivity index (χ1n) is 11.2. The zero-order valence-electron chi connectivity index (χ0n) is 18.9. The monoisotopic (exact) mass is 457 g/mol. The Bertz CT molecular complexity index is 1580. The van der Waals surface area contributed by atoms with Crippen LogP contribution < -0.4 is 15.0 Å². The summed E-state index contributed by atoms with van der Waals surface area (Å²) in [5.41, 5.74) is 3.53. The summed E-state index contributed by atoms with van der Waals surface area (Å²) in [5, 5.41) is 0.426. The highest BCUT2D eigenvalue weighted by Crippen LogP contribution is 2.32. The molecule has 1 aliphatic rings. The predicted octanol–water partition coefficient (Wildman–Crippen LogP) is 3.48. The fourth-order valence-corrected chi connectivity index (χ4v) is 4.58. The highest BCUT2D eigenvalue weighted by Gasteiger charge is 2.23. The SMILES string of the molecule is COc1cc(OC)cc(-n2c3nc4ccccc4nc3c3c(=O)n(C[C@H]4CCCO4)cnc32)c1. The van der Waals surface area contributed by atoms with Crippen molar-refractivity contribution in [2.24, 2.45) is 0 Å². The van der Waals surface area contributed by atoms with Crippen molar-refractivity contribution in [1.29, 1.82) is 0 Å². The van der Waals surface area contributed by atoms with Crippen molar-refractivity contribution in [2.45, 2.75) is 25.5 Å². The van der Waals surface area contributed by atoms with Gasteiger partial charge in [0, 0.05) is 24.8 Å². The molecule has 2 aromatic carbocycles. The van der Waals surface area contributed by atoms with Crippen molar-refractivity contribution in [3.05, 3.63) is 59.1 Å². The zero-order valence-corrected chi connectivity index (χ0v) is 18.9. The summed E-state index contributed by atoms with van der Waals surface area (Å²) < 4.78 is 20.2. The van der Waals surface area contributed by atoms with Crippen LogP contribution in [-0.4, -0.2) is 51.0 Å². The number of aromatic nitrogens is 5. The molecule has 0 aliphatic carbocycles. The molecule has 0 saturated carbocycles. The van der Waals surface area contributed by atoms with Gasteiger partial charge in [-0.25, -0.2) is 15.0 Å². The van der Waals surface area contributed by atoms with E-state index in [-0.39, 0.29) is 11.7 Å². The van der Waals surface area contributed by atoms with Gasteiger partial charge in [0.25, 0.3) is 5.56 Å². The molecule has 6 rings (SSSR count). The largest absolute Gasteiger partial charge is 0.497 e. The van der Waals surface area contributed by atoms with E-state index < -0.39 is 0 Å². The van der Waals surface area contributed by atoms with E-state index in [2.05, 4.69) is 0 Å². The van der Waals surface area contributed by atoms with Crippen LogP contribution in [-0.2, 0) is 11.3 Å². The van der Waals surface area contributed by atoms with Crippen molar-refractivity contribution in [3.63, 3.8) is 0 Å². The van der Waals surface area contributed by atoms with Crippen molar-refractivity contribution in [3.8, 4) is 17.2 Å². The van der Waals surface area contributed by atoms with Gasteiger partial charge in [-0.1, -0.05) is 12.1 Å². The molecule has 9 nitrogen and oxygen atoms in total. The summed E-state index contributed by atoms with van der Waals surface area (Å²) in [4.78, 5) is 28.1. The van der Waals surface area contributed by atoms with Crippen LogP contribution >= 0.6 is 0 Å². The number of rotatable bonds is 5. The Morgan fingerprint density at radius 1 is 1.03 bits per heavy atom. The minimum atomic E-state index is -0.163. The Kier molecular flexibility index (Phi) is 4.91. The average Bonchev–Trinajstić information content (AvgIpc) is 3.49. The van der Waals surface area contributed by atoms with Gasteiger partial charge in [0.05, 0.1) is 43.6 Å². The van der Waals surface area contributed by atoms with E-state index in [1.54, 1.807) is 31.2 Å². The lowest BCUT2D eigenvalue weighted by Crippen LogP contribution is -2.26. The molecule has 3 aromatic heterocycles. The van der Waals surface area contributed by atoms with Gasteiger partial charge >= 0.3 is 0 Å². The van der Waals surface area contributed by atoms with Crippen molar-refractivity contribution >= 4 is 33.2 Å². The molecule has 5 aromatic rings. The van der Waals surface area contributed by atoms with E-state index in [1.165, 1.54) is 0 Å². The van der Waals surface area contributed by atoms with E-state index in [0.29, 0.717) is 51.4 Å². The van der Waals surface area contributed by atoms with Crippen LogP contribution in [0.3, 0.4) is 0 Å². The number of methoxy groups -OCH3 is 2. The molecular weight excluding hydrogens is 434 g/mol. The molecule has 0 N–H and O–H groups in total. The quantitative estimate of drug-likeness (QED) is 0.399. The minimum Gasteiger partial charge on any atom is -0.497 e. The molecule has 34 heavy (non-hydrogen) atoms. The Morgan fingerprint density at radius 2 is 1.76 bits per heavy atom. The number of ether oxygens (including phenoxy) is 3. The first-order valence-corrected chi connectivity index (χ1v) is 11.2. The van der Waals surface area contributed by atoms with Crippen LogP contribution in [0.5, 0.6) is 11.5 Å². The molecule has 0 spiro atoms. The molecule has 1 aliphatic heterocycles. The molecule has 0 unspecified atom stereocenters. The molecule has 0 amide bonds. The van der Waals surface area contributed by atoms with Gasteiger partial charge in [-0.3, -0.25) is 13.9 Å². The van der Waals surface area contributed by atoms with Gasteiger partial charge in [-0.05, 0) is 25.0 Å². The standard InChI is InChI=1S/C25H23N5O4/c1-32-17-10-15(11-18(12-17)33-2)30-23-21(22-24(30)28-20-8-4-3-7-19(20)27-22)25(31)29(14-26-23)13-16-6-5-9-34-16/h3-4,7-8,10-12,14,16H,5-6,9,13H2,1-2H3/t16-/m1/s1. The first kappa shape index (κ1) is 20.6. The maximum Gasteiger partial charge on any atom is 0.265 e. The van der Waals surface area contributed by atoms with E-state index >= 15 is 0 Å². The lowest BCUT2D eigenvalue weighted by Gasteiger charge is -2.12. The average molecular weight is 457 g/mol. The Hall–Kier alpha value is -3.98. The lowest BCUT2D eigenvalue weighted by atomic mass is 10.2. The second kappa shape index (κ2) is 8.11. The maximum absolute atomic E-state index is 13.7. The normalized spacial score (nSPS) is 16.0. The summed E-state index contributed by atoms with van der Waals surface area (Å²) >= 11 is 0. The fourth-order valence-electron chi connectivity index (χ4n) is 4.58. The van der Waals surface area contributed by atoms with Crippen LogP contribution in [0.15, 0.2) is 53.6 Å². The number of hydrogen-bond donors (Lipinski definition) is 0. The Balaban J connectivity index is 1.68. The molecule has 0 bridgehead atoms. The van der Waals surface area contributed by atoms with E-state index in [9.17, 15) is 4.79 Å². The zero-order chi connectivity index (χ0) is 23.2. The van der Waals surface area contributed by atoms with Crippen LogP contribution in [0.2, 0.25) is 0 Å². The molecule has 1 saturated heterocycles. The molecule has 1 atom stereocenters. The first-order chi connectivity index (χ1) is 16.7. The summed E-state index contributed by atoms with van der Waals surface area (Å²) in [6.45, 7) is 1.19. The fraction of sp³-hybridized carbons (Fsp3) is 0.280. The minimum absolute atomic E-state index is 0.0138. The summed E-state index contributed by atoms with van der Waals surface area (Å²) in [6.07, 6.45) is 3.53. The Labute approximate surface area is 194 Å². The Morgan fingerprint density at radius 3 is 2.44 bits per heavy atom. The van der Waals surface area contributed by atoms with Gasteiger partial charge in [0.2, 0.25) is 0 Å². The molecule has 1 fully saturated rings. The third kappa shape index (κ3) is 3.28. The van der Waals surface area contributed by atoms with Gasteiger partial charge in [-0.15, -0.1) is 0 Å². The van der Waals surface area contributed by atoms with Gasteiger partial charge in [0.15, 0.2) is 11.3 Å². The van der Waals surface area contributed by atoms with Crippen molar-refractivity contribution < 1.29 is 14.2 Å². The van der Waals surface area contributed by atoms with E-state index in [4.69, 9.17) is 29.2 Å². The van der Waals surface area contributed by atoms with Crippen molar-refractivity contribution in [1.82, 2.24) is 24.1 Å². The smallest absolute Gasteiger partial charge is 0.265 e. The van der Waals surface area contributed by atoms with E-state index in [0.717, 1.165) is 25.0 Å². The molecule has 172 valence electrons. The second-order valence-corrected chi connectivity index (χ2v) is 8.33. The third-order valence-electron chi connectivity index (χ3n) is 6.25. The second-order valence-electron chi connectivity index (χ2n) is 8.33. The van der Waals surface area contributed by atoms with Gasteiger partial charge < -0.3 is 14.2 Å². The third-order valence-corrected chi connectivity index (χ3v) is 6.25. The number of nitrogens with zero attached hydrogens (tertiary/aromatic N) is 5. The molecular formula is C25H23N5O4. The highest BCUT2D eigenvalue weighted by molar-refractivity contribution is 6.05. The predicted molar refractivity (Wildman–Crippen MR) is 128 cm³/mol. The number of benzene rings is 2. The summed E-state index contributed by atoms with van der Waals surface area (Å²) in [7, 11) is 3.19. The molecule has 9 heteroatoms. The summed E-state index contributed by atoms with van der Waals surface area (Å²) in [5.74, 6) is 1.23. The maximum atomic E-state index is 13.7. The molecule has 4 heterocycles. The van der Waals surface area contributed by atoms with Crippen LogP contribution in [0, 0.1) is 0 Å². The van der Waals surface area contributed by atoms with E-state index in [1.807, 2.05) is 41.0 Å².